The number of nitrogens with zero attached hydrogens (tertiary/aromatic N) is 1. The normalized spacial score (nSPS) is 18.7. The predicted octanol–water partition coefficient (Wildman–Crippen LogP) is 1.59. The SMILES string of the molecule is COc1ccc(C(=O)N2CCCC2C(N)=S)cc1. The van der Waals surface area contributed by atoms with E-state index in [9.17, 15) is 4.79 Å². The summed E-state index contributed by atoms with van der Waals surface area (Å²) in [5, 5.41) is 0. The summed E-state index contributed by atoms with van der Waals surface area (Å²) in [5.41, 5.74) is 6.31. The van der Waals surface area contributed by atoms with Crippen molar-refractivity contribution in [2.45, 2.75) is 18.9 Å². The Hall–Kier alpha value is -1.62. The van der Waals surface area contributed by atoms with Gasteiger partial charge in [0.1, 0.15) is 5.75 Å². The van der Waals surface area contributed by atoms with E-state index in [0.29, 0.717) is 17.1 Å². The van der Waals surface area contributed by atoms with Crippen LogP contribution >= 0.6 is 12.2 Å². The van der Waals surface area contributed by atoms with Gasteiger partial charge >= 0.3 is 0 Å². The summed E-state index contributed by atoms with van der Waals surface area (Å²) in [6.45, 7) is 0.715. The molecule has 0 saturated carbocycles. The number of ether oxygens (including phenoxy) is 1. The van der Waals surface area contributed by atoms with E-state index in [1.807, 2.05) is 0 Å². The molecule has 5 heteroatoms. The van der Waals surface area contributed by atoms with Gasteiger partial charge in [-0.3, -0.25) is 4.79 Å². The minimum Gasteiger partial charge on any atom is -0.497 e. The lowest BCUT2D eigenvalue weighted by atomic mass is 10.1. The third-order valence-corrected chi connectivity index (χ3v) is 3.45. The second kappa shape index (κ2) is 5.35. The van der Waals surface area contributed by atoms with Crippen LogP contribution in [-0.4, -0.2) is 35.5 Å². The van der Waals surface area contributed by atoms with Gasteiger partial charge in [0, 0.05) is 12.1 Å². The Morgan fingerprint density at radius 1 is 1.44 bits per heavy atom. The molecule has 0 aromatic heterocycles. The molecule has 1 unspecified atom stereocenters. The summed E-state index contributed by atoms with van der Waals surface area (Å²) in [6.07, 6.45) is 1.81. The number of amides is 1. The molecule has 1 amide bonds. The van der Waals surface area contributed by atoms with Gasteiger partial charge in [-0.15, -0.1) is 0 Å². The van der Waals surface area contributed by atoms with E-state index >= 15 is 0 Å². The summed E-state index contributed by atoms with van der Waals surface area (Å²) in [4.78, 5) is 14.5. The fourth-order valence-electron chi connectivity index (χ4n) is 2.21. The van der Waals surface area contributed by atoms with Crippen LogP contribution in [0.25, 0.3) is 0 Å². The van der Waals surface area contributed by atoms with Gasteiger partial charge in [0.15, 0.2) is 0 Å². The molecule has 1 fully saturated rings. The van der Waals surface area contributed by atoms with E-state index in [2.05, 4.69) is 0 Å². The van der Waals surface area contributed by atoms with Crippen LogP contribution in [0.2, 0.25) is 0 Å². The summed E-state index contributed by atoms with van der Waals surface area (Å²) in [6, 6.07) is 6.97. The van der Waals surface area contributed by atoms with Crippen molar-refractivity contribution in [2.24, 2.45) is 5.73 Å². The van der Waals surface area contributed by atoms with Gasteiger partial charge in [0.05, 0.1) is 18.1 Å². The van der Waals surface area contributed by atoms with Crippen molar-refractivity contribution >= 4 is 23.1 Å². The van der Waals surface area contributed by atoms with Crippen LogP contribution < -0.4 is 10.5 Å². The summed E-state index contributed by atoms with van der Waals surface area (Å²) in [5.74, 6) is 0.715. The molecule has 1 aromatic rings. The van der Waals surface area contributed by atoms with Gasteiger partial charge in [-0.2, -0.15) is 0 Å². The van der Waals surface area contributed by atoms with Crippen LogP contribution in [-0.2, 0) is 0 Å². The second-order valence-electron chi connectivity index (χ2n) is 4.29. The van der Waals surface area contributed by atoms with Crippen LogP contribution in [0, 0.1) is 0 Å². The Morgan fingerprint density at radius 3 is 2.67 bits per heavy atom. The molecule has 0 radical (unpaired) electrons. The van der Waals surface area contributed by atoms with E-state index in [-0.39, 0.29) is 11.9 Å². The maximum absolute atomic E-state index is 12.3. The number of thiocarbonyl (C=S) groups is 1. The molecular formula is C13H16N2O2S. The molecule has 96 valence electrons. The topological polar surface area (TPSA) is 55.6 Å². The number of hydrogen-bond acceptors (Lipinski definition) is 3. The highest BCUT2D eigenvalue weighted by molar-refractivity contribution is 7.80. The Labute approximate surface area is 112 Å². The number of hydrogen-bond donors (Lipinski definition) is 1. The van der Waals surface area contributed by atoms with E-state index < -0.39 is 0 Å². The second-order valence-corrected chi connectivity index (χ2v) is 4.76. The van der Waals surface area contributed by atoms with Crippen molar-refractivity contribution in [2.75, 3.05) is 13.7 Å². The van der Waals surface area contributed by atoms with E-state index in [4.69, 9.17) is 22.7 Å². The molecule has 0 aliphatic carbocycles. The molecule has 0 spiro atoms. The first-order valence-corrected chi connectivity index (χ1v) is 6.28. The summed E-state index contributed by atoms with van der Waals surface area (Å²) >= 11 is 5.01. The highest BCUT2D eigenvalue weighted by atomic mass is 32.1. The highest BCUT2D eigenvalue weighted by Gasteiger charge is 2.31. The molecular weight excluding hydrogens is 248 g/mol. The first-order chi connectivity index (χ1) is 8.63. The van der Waals surface area contributed by atoms with E-state index in [1.54, 1.807) is 36.3 Å². The molecule has 2 rings (SSSR count). The van der Waals surface area contributed by atoms with Gasteiger partial charge < -0.3 is 15.4 Å². The lowest BCUT2D eigenvalue weighted by Gasteiger charge is -2.23. The summed E-state index contributed by atoms with van der Waals surface area (Å²) < 4.78 is 5.07. The van der Waals surface area contributed by atoms with Crippen molar-refractivity contribution in [1.29, 1.82) is 0 Å². The molecule has 1 heterocycles. The van der Waals surface area contributed by atoms with E-state index in [0.717, 1.165) is 18.6 Å². The number of carbonyl (C=O) groups is 1. The van der Waals surface area contributed by atoms with Gasteiger partial charge in [-0.1, -0.05) is 12.2 Å². The maximum Gasteiger partial charge on any atom is 0.254 e. The third kappa shape index (κ3) is 2.46. The minimum absolute atomic E-state index is 0.0204. The van der Waals surface area contributed by atoms with Gasteiger partial charge in [0.2, 0.25) is 0 Å². The molecule has 18 heavy (non-hydrogen) atoms. The van der Waals surface area contributed by atoms with Crippen LogP contribution in [0.5, 0.6) is 5.75 Å². The Bertz CT molecular complexity index is 459. The molecule has 1 atom stereocenters. The zero-order chi connectivity index (χ0) is 13.1. The first-order valence-electron chi connectivity index (χ1n) is 5.88. The minimum atomic E-state index is -0.102. The van der Waals surface area contributed by atoms with Crippen LogP contribution in [0.3, 0.4) is 0 Å². The molecule has 4 nitrogen and oxygen atoms in total. The van der Waals surface area contributed by atoms with Gasteiger partial charge in [-0.25, -0.2) is 0 Å². The average Bonchev–Trinajstić information content (AvgIpc) is 2.87. The van der Waals surface area contributed by atoms with Crippen molar-refractivity contribution in [3.8, 4) is 5.75 Å². The zero-order valence-electron chi connectivity index (χ0n) is 10.3. The van der Waals surface area contributed by atoms with E-state index in [1.165, 1.54) is 0 Å². The largest absolute Gasteiger partial charge is 0.497 e. The number of rotatable bonds is 3. The molecule has 1 aliphatic heterocycles. The maximum atomic E-state index is 12.3. The molecule has 1 aliphatic rings. The number of nitrogens with two attached hydrogens (primary N) is 1. The molecule has 2 N–H and O–H groups in total. The smallest absolute Gasteiger partial charge is 0.254 e. The Morgan fingerprint density at radius 2 is 2.11 bits per heavy atom. The third-order valence-electron chi connectivity index (χ3n) is 3.18. The van der Waals surface area contributed by atoms with Crippen molar-refractivity contribution in [3.63, 3.8) is 0 Å². The van der Waals surface area contributed by atoms with Crippen molar-refractivity contribution < 1.29 is 9.53 Å². The standard InChI is InChI=1S/C13H16N2O2S/c1-17-10-6-4-9(5-7-10)13(16)15-8-2-3-11(15)12(14)18/h4-7,11H,2-3,8H2,1H3,(H2,14,18). The molecule has 1 saturated heterocycles. The Balaban J connectivity index is 2.17. The average molecular weight is 264 g/mol. The fourth-order valence-corrected chi connectivity index (χ4v) is 2.45. The number of benzene rings is 1. The van der Waals surface area contributed by atoms with Crippen molar-refractivity contribution in [1.82, 2.24) is 4.90 Å². The lowest BCUT2D eigenvalue weighted by Crippen LogP contribution is -2.42. The summed E-state index contributed by atoms with van der Waals surface area (Å²) in [7, 11) is 1.60. The monoisotopic (exact) mass is 264 g/mol. The predicted molar refractivity (Wildman–Crippen MR) is 73.8 cm³/mol. The van der Waals surface area contributed by atoms with Crippen LogP contribution in [0.1, 0.15) is 23.2 Å². The highest BCUT2D eigenvalue weighted by Crippen LogP contribution is 2.21. The van der Waals surface area contributed by atoms with Crippen LogP contribution in [0.4, 0.5) is 0 Å². The fraction of sp³-hybridized carbons (Fsp3) is 0.385. The lowest BCUT2D eigenvalue weighted by molar-refractivity contribution is 0.0770. The van der Waals surface area contributed by atoms with Gasteiger partial charge in [-0.05, 0) is 37.1 Å². The number of methoxy groups -OCH3 is 1. The van der Waals surface area contributed by atoms with Crippen molar-refractivity contribution in [3.05, 3.63) is 29.8 Å². The zero-order valence-corrected chi connectivity index (χ0v) is 11.1. The molecule has 1 aromatic carbocycles. The Kier molecular flexibility index (Phi) is 3.81. The number of carbonyl (C=O) groups excluding carboxylic acids is 1. The van der Waals surface area contributed by atoms with Crippen LogP contribution in [0.15, 0.2) is 24.3 Å². The molecule has 0 bridgehead atoms. The first kappa shape index (κ1) is 12.8. The van der Waals surface area contributed by atoms with Gasteiger partial charge in [0.25, 0.3) is 5.91 Å². The quantitative estimate of drug-likeness (QED) is 0.842. The number of likely N-dealkylation sites (tertiary alicyclic amines) is 1.